The maximum Gasteiger partial charge on any atom is 0.401 e. The lowest BCUT2D eigenvalue weighted by Crippen LogP contribution is -2.35. The Morgan fingerprint density at radius 3 is 2.72 bits per heavy atom. The van der Waals surface area contributed by atoms with Gasteiger partial charge in [-0.05, 0) is 19.4 Å². The van der Waals surface area contributed by atoms with Crippen LogP contribution < -0.4 is 5.32 Å². The van der Waals surface area contributed by atoms with Gasteiger partial charge in [-0.2, -0.15) is 13.2 Å². The number of hydrogen-bond donors (Lipinski definition) is 1. The van der Waals surface area contributed by atoms with E-state index >= 15 is 0 Å². The van der Waals surface area contributed by atoms with Gasteiger partial charge in [0.15, 0.2) is 0 Å². The van der Waals surface area contributed by atoms with E-state index in [1.54, 1.807) is 0 Å². The number of alkyl halides is 3. The average Bonchev–Trinajstić information content (AvgIpc) is 2.68. The highest BCUT2D eigenvalue weighted by Gasteiger charge is 2.58. The Bertz CT molecular complexity index is 343. The molecule has 1 N–H and O–H groups in total. The van der Waals surface area contributed by atoms with Crippen molar-refractivity contribution in [3.05, 3.63) is 0 Å². The van der Waals surface area contributed by atoms with Gasteiger partial charge in [-0.15, -0.1) is 0 Å². The van der Waals surface area contributed by atoms with E-state index < -0.39 is 12.7 Å². The number of nitrogens with zero attached hydrogens (tertiary/aromatic N) is 1. The van der Waals surface area contributed by atoms with Crippen molar-refractivity contribution in [1.82, 2.24) is 10.2 Å². The van der Waals surface area contributed by atoms with Crippen LogP contribution >= 0.6 is 0 Å². The highest BCUT2D eigenvalue weighted by atomic mass is 19.4. The first-order valence-corrected chi connectivity index (χ1v) is 6.31. The van der Waals surface area contributed by atoms with Crippen LogP contribution in [-0.2, 0) is 4.79 Å². The Morgan fingerprint density at radius 2 is 2.17 bits per heavy atom. The number of likely N-dealkylation sites (tertiary alicyclic amines) is 1. The van der Waals surface area contributed by atoms with E-state index in [0.29, 0.717) is 13.1 Å². The van der Waals surface area contributed by atoms with Gasteiger partial charge in [0.25, 0.3) is 0 Å². The lowest BCUT2D eigenvalue weighted by Gasteiger charge is -2.18. The van der Waals surface area contributed by atoms with Crippen molar-refractivity contribution in [2.75, 3.05) is 19.6 Å². The molecule has 1 spiro atoms. The van der Waals surface area contributed by atoms with Crippen molar-refractivity contribution < 1.29 is 18.0 Å². The maximum absolute atomic E-state index is 12.3. The van der Waals surface area contributed by atoms with Crippen LogP contribution in [0.15, 0.2) is 0 Å². The lowest BCUT2D eigenvalue weighted by molar-refractivity contribution is -0.144. The van der Waals surface area contributed by atoms with Gasteiger partial charge in [0.05, 0.1) is 6.54 Å². The summed E-state index contributed by atoms with van der Waals surface area (Å²) in [5, 5.41) is 2.92. The molecule has 1 heterocycles. The fourth-order valence-electron chi connectivity index (χ4n) is 2.71. The number of carbonyl (C=O) groups is 1. The molecule has 104 valence electrons. The predicted octanol–water partition coefficient (Wildman–Crippen LogP) is 1.79. The van der Waals surface area contributed by atoms with Gasteiger partial charge >= 0.3 is 6.18 Å². The van der Waals surface area contributed by atoms with Crippen molar-refractivity contribution in [2.45, 2.75) is 38.9 Å². The normalized spacial score (nSPS) is 32.2. The summed E-state index contributed by atoms with van der Waals surface area (Å²) in [6, 6.07) is 0.0747. The van der Waals surface area contributed by atoms with Crippen molar-refractivity contribution in [2.24, 2.45) is 11.3 Å². The van der Waals surface area contributed by atoms with Crippen molar-refractivity contribution in [3.63, 3.8) is 0 Å². The zero-order chi connectivity index (χ0) is 13.6. The molecular weight excluding hydrogens is 245 g/mol. The maximum atomic E-state index is 12.3. The van der Waals surface area contributed by atoms with Crippen LogP contribution in [0.1, 0.15) is 26.7 Å². The Hall–Kier alpha value is -0.780. The fourth-order valence-corrected chi connectivity index (χ4v) is 2.71. The first kappa shape index (κ1) is 13.6. The Kier molecular flexibility index (Phi) is 3.34. The van der Waals surface area contributed by atoms with Gasteiger partial charge in [0.2, 0.25) is 5.91 Å². The molecule has 3 nitrogen and oxygen atoms in total. The van der Waals surface area contributed by atoms with Crippen molar-refractivity contribution in [3.8, 4) is 0 Å². The van der Waals surface area contributed by atoms with Gasteiger partial charge in [-0.1, -0.05) is 13.8 Å². The molecule has 1 saturated carbocycles. The molecule has 1 amide bonds. The third-order valence-corrected chi connectivity index (χ3v) is 3.90. The Labute approximate surface area is 105 Å². The number of carbonyl (C=O) groups excluding carboxylic acids is 1. The minimum absolute atomic E-state index is 0.00820. The Balaban J connectivity index is 1.82. The minimum atomic E-state index is -4.13. The van der Waals surface area contributed by atoms with E-state index in [-0.39, 0.29) is 23.3 Å². The number of hydrogen-bond acceptors (Lipinski definition) is 2. The van der Waals surface area contributed by atoms with Gasteiger partial charge in [-0.25, -0.2) is 0 Å². The van der Waals surface area contributed by atoms with Crippen molar-refractivity contribution in [1.29, 1.82) is 0 Å². The monoisotopic (exact) mass is 264 g/mol. The first-order valence-electron chi connectivity index (χ1n) is 6.31. The highest BCUT2D eigenvalue weighted by molar-refractivity contribution is 5.78. The largest absolute Gasteiger partial charge is 0.401 e. The molecule has 2 rings (SSSR count). The van der Waals surface area contributed by atoms with Crippen molar-refractivity contribution >= 4 is 5.91 Å². The molecule has 1 aliphatic carbocycles. The number of nitrogens with one attached hydrogen (secondary N) is 1. The summed E-state index contributed by atoms with van der Waals surface area (Å²) in [7, 11) is 0. The molecule has 0 radical (unpaired) electrons. The second kappa shape index (κ2) is 4.40. The van der Waals surface area contributed by atoms with Crippen LogP contribution in [-0.4, -0.2) is 42.7 Å². The topological polar surface area (TPSA) is 32.3 Å². The molecule has 0 aromatic heterocycles. The summed E-state index contributed by atoms with van der Waals surface area (Å²) in [5.74, 6) is -0.0820. The second-order valence-electron chi connectivity index (χ2n) is 5.86. The molecule has 1 aliphatic heterocycles. The summed E-state index contributed by atoms with van der Waals surface area (Å²) >= 11 is 0. The molecule has 2 fully saturated rings. The van der Waals surface area contributed by atoms with Crippen LogP contribution in [0.4, 0.5) is 13.2 Å². The molecule has 0 bridgehead atoms. The van der Waals surface area contributed by atoms with E-state index in [1.165, 1.54) is 4.90 Å². The molecule has 2 atom stereocenters. The third-order valence-electron chi connectivity index (χ3n) is 3.90. The fraction of sp³-hybridized carbons (Fsp3) is 0.917. The van der Waals surface area contributed by atoms with Gasteiger partial charge < -0.3 is 5.32 Å². The average molecular weight is 264 g/mol. The van der Waals surface area contributed by atoms with E-state index in [2.05, 4.69) is 5.32 Å². The van der Waals surface area contributed by atoms with Crippen LogP contribution in [0.25, 0.3) is 0 Å². The highest BCUT2D eigenvalue weighted by Crippen LogP contribution is 2.53. The summed E-state index contributed by atoms with van der Waals surface area (Å²) in [6.07, 6.45) is -2.55. The van der Waals surface area contributed by atoms with Crippen LogP contribution in [0.2, 0.25) is 0 Å². The first-order chi connectivity index (χ1) is 8.22. The summed E-state index contributed by atoms with van der Waals surface area (Å²) in [4.78, 5) is 13.0. The third kappa shape index (κ3) is 2.96. The van der Waals surface area contributed by atoms with Gasteiger partial charge in [0.1, 0.15) is 0 Å². The van der Waals surface area contributed by atoms with E-state index in [0.717, 1.165) is 12.8 Å². The number of halogens is 3. The molecule has 18 heavy (non-hydrogen) atoms. The molecule has 2 aliphatic rings. The van der Waals surface area contributed by atoms with E-state index in [9.17, 15) is 18.0 Å². The zero-order valence-electron chi connectivity index (χ0n) is 10.7. The quantitative estimate of drug-likeness (QED) is 0.843. The van der Waals surface area contributed by atoms with Crippen LogP contribution in [0, 0.1) is 11.3 Å². The van der Waals surface area contributed by atoms with Crippen LogP contribution in [0.5, 0.6) is 0 Å². The predicted molar refractivity (Wildman–Crippen MR) is 60.9 cm³/mol. The minimum Gasteiger partial charge on any atom is -0.353 e. The van der Waals surface area contributed by atoms with Crippen LogP contribution in [0.3, 0.4) is 0 Å². The summed E-state index contributed by atoms with van der Waals surface area (Å²) < 4.78 is 36.8. The lowest BCUT2D eigenvalue weighted by atomic mass is 10.1. The van der Waals surface area contributed by atoms with E-state index in [4.69, 9.17) is 0 Å². The molecule has 0 aromatic carbocycles. The molecule has 1 saturated heterocycles. The Morgan fingerprint density at radius 1 is 1.50 bits per heavy atom. The zero-order valence-corrected chi connectivity index (χ0v) is 10.7. The second-order valence-corrected chi connectivity index (χ2v) is 5.86. The summed E-state index contributed by atoms with van der Waals surface area (Å²) in [5.41, 5.74) is -0.0875. The molecule has 0 aromatic rings. The smallest absolute Gasteiger partial charge is 0.353 e. The number of amides is 1. The standard InChI is InChI=1S/C12H19F3N2O/c1-8(2)10(18)16-9-5-11(9)3-4-17(6-11)7-12(13,14)15/h8-9H,3-7H2,1-2H3,(H,16,18). The number of rotatable bonds is 3. The summed E-state index contributed by atoms with van der Waals surface area (Å²) in [6.45, 7) is 3.73. The van der Waals surface area contributed by atoms with Gasteiger partial charge in [0, 0.05) is 23.9 Å². The van der Waals surface area contributed by atoms with E-state index in [1.807, 2.05) is 13.8 Å². The molecule has 6 heteroatoms. The SMILES string of the molecule is CC(C)C(=O)NC1CC12CCN(CC(F)(F)F)C2. The van der Waals surface area contributed by atoms with Gasteiger partial charge in [-0.3, -0.25) is 9.69 Å². The molecular formula is C12H19F3N2O. The molecule has 2 unspecified atom stereocenters.